The van der Waals surface area contributed by atoms with Crippen LogP contribution in [0.1, 0.15) is 17.5 Å². The van der Waals surface area contributed by atoms with Crippen LogP contribution >= 0.6 is 0 Å². The fraction of sp³-hybridized carbons (Fsp3) is 0.286. The van der Waals surface area contributed by atoms with Gasteiger partial charge in [-0.3, -0.25) is 4.79 Å². The van der Waals surface area contributed by atoms with E-state index in [4.69, 9.17) is 9.47 Å². The number of hydrogen-bond donors (Lipinski definition) is 1. The summed E-state index contributed by atoms with van der Waals surface area (Å²) < 4.78 is 10.3. The molecule has 3 amide bonds. The maximum Gasteiger partial charge on any atom is 0.416 e. The number of benzene rings is 2. The van der Waals surface area contributed by atoms with Crippen LogP contribution in [0.15, 0.2) is 60.7 Å². The van der Waals surface area contributed by atoms with Gasteiger partial charge in [0.05, 0.1) is 5.92 Å². The smallest absolute Gasteiger partial charge is 0.416 e. The summed E-state index contributed by atoms with van der Waals surface area (Å²) in [5.41, 5.74) is 1.73. The van der Waals surface area contributed by atoms with Gasteiger partial charge in [0.25, 0.3) is 0 Å². The van der Waals surface area contributed by atoms with Gasteiger partial charge in [-0.2, -0.15) is 0 Å². The van der Waals surface area contributed by atoms with Gasteiger partial charge >= 0.3 is 12.2 Å². The lowest BCUT2D eigenvalue weighted by Gasteiger charge is -2.15. The highest BCUT2D eigenvalue weighted by molar-refractivity contribution is 5.95. The Labute approximate surface area is 163 Å². The molecule has 2 aromatic rings. The summed E-state index contributed by atoms with van der Waals surface area (Å²) in [4.78, 5) is 37.4. The van der Waals surface area contributed by atoms with E-state index in [0.717, 1.165) is 16.0 Å². The summed E-state index contributed by atoms with van der Waals surface area (Å²) in [5.74, 6) is -0.810. The molecule has 0 radical (unpaired) electrons. The van der Waals surface area contributed by atoms with E-state index in [2.05, 4.69) is 5.32 Å². The molecule has 0 bridgehead atoms. The second kappa shape index (κ2) is 9.55. The van der Waals surface area contributed by atoms with Crippen LogP contribution in [0.25, 0.3) is 0 Å². The summed E-state index contributed by atoms with van der Waals surface area (Å²) in [6, 6.07) is 18.6. The number of carbonyl (C=O) groups is 3. The monoisotopic (exact) mass is 382 g/mol. The van der Waals surface area contributed by atoms with Crippen molar-refractivity contribution in [2.75, 3.05) is 13.1 Å². The van der Waals surface area contributed by atoms with Crippen LogP contribution < -0.4 is 5.32 Å². The Morgan fingerprint density at radius 3 is 2.11 bits per heavy atom. The Morgan fingerprint density at radius 2 is 1.50 bits per heavy atom. The minimum atomic E-state index is -0.664. The molecule has 1 aliphatic rings. The number of imide groups is 1. The van der Waals surface area contributed by atoms with E-state index in [1.54, 1.807) is 0 Å². The molecule has 146 valence electrons. The normalized spacial score (nSPS) is 15.9. The van der Waals surface area contributed by atoms with Gasteiger partial charge in [0, 0.05) is 13.1 Å². The van der Waals surface area contributed by atoms with Crippen LogP contribution in [0.4, 0.5) is 9.59 Å². The molecule has 0 aromatic heterocycles. The van der Waals surface area contributed by atoms with Crippen molar-refractivity contribution in [2.45, 2.75) is 19.6 Å². The molecule has 1 saturated heterocycles. The zero-order chi connectivity index (χ0) is 19.8. The molecule has 7 heteroatoms. The van der Waals surface area contributed by atoms with Crippen LogP contribution in [0.2, 0.25) is 0 Å². The highest BCUT2D eigenvalue weighted by Gasteiger charge is 2.36. The van der Waals surface area contributed by atoms with Crippen molar-refractivity contribution < 1.29 is 23.9 Å². The summed E-state index contributed by atoms with van der Waals surface area (Å²) >= 11 is 0. The molecular formula is C21H22N2O5. The van der Waals surface area contributed by atoms with Crippen LogP contribution in [0.3, 0.4) is 0 Å². The number of nitrogens with one attached hydrogen (secondary N) is 1. The molecule has 1 aliphatic heterocycles. The number of ether oxygens (including phenoxy) is 2. The van der Waals surface area contributed by atoms with E-state index in [-0.39, 0.29) is 32.2 Å². The van der Waals surface area contributed by atoms with Gasteiger partial charge in [0.1, 0.15) is 13.2 Å². The van der Waals surface area contributed by atoms with Gasteiger partial charge in [-0.1, -0.05) is 60.7 Å². The highest BCUT2D eigenvalue weighted by atomic mass is 16.6. The molecule has 0 saturated carbocycles. The Hall–Kier alpha value is -3.35. The molecular weight excluding hydrogens is 360 g/mol. The summed E-state index contributed by atoms with van der Waals surface area (Å²) in [5, 5.41) is 2.58. The number of likely N-dealkylation sites (tertiary alicyclic amines) is 1. The van der Waals surface area contributed by atoms with Crippen molar-refractivity contribution >= 4 is 18.1 Å². The van der Waals surface area contributed by atoms with Crippen molar-refractivity contribution in [3.8, 4) is 0 Å². The standard InChI is InChI=1S/C21H22N2O5/c24-19-18(13-22-20(25)27-14-16-7-3-1-4-8-16)11-12-23(19)21(26)28-15-17-9-5-2-6-10-17/h1-10,18H,11-15H2,(H,22,25)/t18-/m0/s1. The number of alkyl carbamates (subject to hydrolysis) is 1. The van der Waals surface area contributed by atoms with Gasteiger partial charge < -0.3 is 14.8 Å². The van der Waals surface area contributed by atoms with Crippen LogP contribution in [0.5, 0.6) is 0 Å². The van der Waals surface area contributed by atoms with Crippen molar-refractivity contribution in [1.29, 1.82) is 0 Å². The molecule has 28 heavy (non-hydrogen) atoms. The van der Waals surface area contributed by atoms with E-state index in [1.165, 1.54) is 0 Å². The molecule has 1 heterocycles. The van der Waals surface area contributed by atoms with Crippen molar-refractivity contribution in [3.05, 3.63) is 71.8 Å². The van der Waals surface area contributed by atoms with Crippen LogP contribution in [0, 0.1) is 5.92 Å². The summed E-state index contributed by atoms with van der Waals surface area (Å²) in [6.45, 7) is 0.661. The molecule has 1 fully saturated rings. The minimum absolute atomic E-state index is 0.109. The Kier molecular flexibility index (Phi) is 6.62. The van der Waals surface area contributed by atoms with Gasteiger partial charge in [0.15, 0.2) is 0 Å². The first-order valence-corrected chi connectivity index (χ1v) is 9.10. The predicted molar refractivity (Wildman–Crippen MR) is 101 cm³/mol. The average molecular weight is 382 g/mol. The SMILES string of the molecule is O=C(NC[C@@H]1CCN(C(=O)OCc2ccccc2)C1=O)OCc1ccccc1. The highest BCUT2D eigenvalue weighted by Crippen LogP contribution is 2.19. The molecule has 1 atom stereocenters. The third-order valence-corrected chi connectivity index (χ3v) is 4.45. The Bertz CT molecular complexity index is 810. The van der Waals surface area contributed by atoms with E-state index >= 15 is 0 Å². The lowest BCUT2D eigenvalue weighted by Crippen LogP contribution is -2.37. The number of rotatable bonds is 6. The number of amides is 3. The first-order valence-electron chi connectivity index (χ1n) is 9.10. The second-order valence-electron chi connectivity index (χ2n) is 6.46. The number of hydrogen-bond acceptors (Lipinski definition) is 5. The zero-order valence-corrected chi connectivity index (χ0v) is 15.4. The van der Waals surface area contributed by atoms with Crippen molar-refractivity contribution in [3.63, 3.8) is 0 Å². The molecule has 1 N–H and O–H groups in total. The fourth-order valence-electron chi connectivity index (χ4n) is 2.89. The molecule has 0 spiro atoms. The quantitative estimate of drug-likeness (QED) is 0.830. The third-order valence-electron chi connectivity index (χ3n) is 4.45. The molecule has 0 unspecified atom stereocenters. The maximum absolute atomic E-state index is 12.4. The average Bonchev–Trinajstić information content (AvgIpc) is 3.11. The second-order valence-corrected chi connectivity index (χ2v) is 6.46. The number of carbonyl (C=O) groups excluding carboxylic acids is 3. The minimum Gasteiger partial charge on any atom is -0.445 e. The van der Waals surface area contributed by atoms with Gasteiger partial charge in [-0.05, 0) is 17.5 Å². The van der Waals surface area contributed by atoms with Crippen molar-refractivity contribution in [2.24, 2.45) is 5.92 Å². The van der Waals surface area contributed by atoms with E-state index < -0.39 is 18.1 Å². The topological polar surface area (TPSA) is 84.9 Å². The third kappa shape index (κ3) is 5.33. The Balaban J connectivity index is 1.39. The van der Waals surface area contributed by atoms with E-state index in [9.17, 15) is 14.4 Å². The first kappa shape index (κ1) is 19.4. The van der Waals surface area contributed by atoms with Gasteiger partial charge in [-0.25, -0.2) is 14.5 Å². The zero-order valence-electron chi connectivity index (χ0n) is 15.4. The summed E-state index contributed by atoms with van der Waals surface area (Å²) in [7, 11) is 0. The van der Waals surface area contributed by atoms with Crippen LogP contribution in [-0.4, -0.2) is 36.1 Å². The number of nitrogens with zero attached hydrogens (tertiary/aromatic N) is 1. The first-order chi connectivity index (χ1) is 13.6. The lowest BCUT2D eigenvalue weighted by atomic mass is 10.1. The molecule has 2 aromatic carbocycles. The maximum atomic E-state index is 12.4. The molecule has 0 aliphatic carbocycles. The predicted octanol–water partition coefficient (Wildman–Crippen LogP) is 3.10. The van der Waals surface area contributed by atoms with E-state index in [1.807, 2.05) is 60.7 Å². The molecule has 3 rings (SSSR count). The lowest BCUT2D eigenvalue weighted by molar-refractivity contribution is -0.129. The van der Waals surface area contributed by atoms with E-state index in [0.29, 0.717) is 6.42 Å². The van der Waals surface area contributed by atoms with Gasteiger partial charge in [0.2, 0.25) is 5.91 Å². The van der Waals surface area contributed by atoms with Gasteiger partial charge in [-0.15, -0.1) is 0 Å². The largest absolute Gasteiger partial charge is 0.445 e. The van der Waals surface area contributed by atoms with Crippen LogP contribution in [-0.2, 0) is 27.5 Å². The summed E-state index contributed by atoms with van der Waals surface area (Å²) in [6.07, 6.45) is -0.789. The fourth-order valence-corrected chi connectivity index (χ4v) is 2.89. The molecule has 7 nitrogen and oxygen atoms in total. The van der Waals surface area contributed by atoms with Crippen molar-refractivity contribution in [1.82, 2.24) is 10.2 Å². The Morgan fingerprint density at radius 1 is 0.929 bits per heavy atom.